The first-order valence-electron chi connectivity index (χ1n) is 8.34. The maximum absolute atomic E-state index is 12.7. The minimum absolute atomic E-state index is 0.0344. The summed E-state index contributed by atoms with van der Waals surface area (Å²) in [4.78, 5) is 12.7. The van der Waals surface area contributed by atoms with Crippen LogP contribution in [-0.4, -0.2) is 27.5 Å². The van der Waals surface area contributed by atoms with E-state index < -0.39 is 10.0 Å². The van der Waals surface area contributed by atoms with Crippen molar-refractivity contribution in [2.75, 3.05) is 13.2 Å². The normalized spacial score (nSPS) is 16.1. The average molecular weight is 451 g/mol. The van der Waals surface area contributed by atoms with Gasteiger partial charge in [-0.1, -0.05) is 28.1 Å². The molecule has 8 heteroatoms. The molecule has 0 saturated heterocycles. The molecule has 2 aromatic rings. The summed E-state index contributed by atoms with van der Waals surface area (Å²) in [7, 11) is -3.69. The maximum atomic E-state index is 12.7. The Morgan fingerprint density at radius 3 is 2.89 bits per heavy atom. The average Bonchev–Trinajstić information content (AvgIpc) is 2.67. The van der Waals surface area contributed by atoms with E-state index in [0.717, 1.165) is 15.8 Å². The molecule has 142 valence electrons. The lowest BCUT2D eigenvalue weighted by Gasteiger charge is -2.27. The molecule has 0 aliphatic carbocycles. The Labute approximate surface area is 166 Å². The van der Waals surface area contributed by atoms with Crippen molar-refractivity contribution in [2.45, 2.75) is 17.4 Å². The van der Waals surface area contributed by atoms with Gasteiger partial charge in [-0.05, 0) is 36.4 Å². The van der Waals surface area contributed by atoms with Crippen molar-refractivity contribution in [1.82, 2.24) is 10.0 Å². The van der Waals surface area contributed by atoms with Gasteiger partial charge in [0.25, 0.3) is 5.91 Å². The SMILES string of the molecule is C=CCNS(=O)(=O)c1cccc(C(=O)NC2CCOc3ccc(Br)cc32)c1. The smallest absolute Gasteiger partial charge is 0.251 e. The van der Waals surface area contributed by atoms with E-state index in [1.165, 1.54) is 18.2 Å². The number of amides is 1. The molecule has 1 atom stereocenters. The molecule has 1 amide bonds. The summed E-state index contributed by atoms with van der Waals surface area (Å²) in [5.74, 6) is 0.397. The van der Waals surface area contributed by atoms with Gasteiger partial charge in [-0.3, -0.25) is 4.79 Å². The zero-order valence-corrected chi connectivity index (χ0v) is 16.8. The fourth-order valence-electron chi connectivity index (χ4n) is 2.81. The number of halogens is 1. The Morgan fingerprint density at radius 2 is 2.11 bits per heavy atom. The first-order valence-corrected chi connectivity index (χ1v) is 10.6. The van der Waals surface area contributed by atoms with Gasteiger partial charge in [0.1, 0.15) is 5.75 Å². The summed E-state index contributed by atoms with van der Waals surface area (Å²) in [6.07, 6.45) is 2.09. The Hall–Kier alpha value is -2.16. The van der Waals surface area contributed by atoms with E-state index in [2.05, 4.69) is 32.5 Å². The maximum Gasteiger partial charge on any atom is 0.251 e. The molecule has 2 aromatic carbocycles. The summed E-state index contributed by atoms with van der Waals surface area (Å²) in [6.45, 7) is 4.11. The van der Waals surface area contributed by atoms with Gasteiger partial charge in [-0.2, -0.15) is 0 Å². The first kappa shape index (κ1) is 19.6. The lowest BCUT2D eigenvalue weighted by Crippen LogP contribution is -2.32. The minimum atomic E-state index is -3.69. The van der Waals surface area contributed by atoms with Crippen LogP contribution in [0.1, 0.15) is 28.4 Å². The van der Waals surface area contributed by atoms with Gasteiger partial charge in [-0.25, -0.2) is 13.1 Å². The molecule has 1 aliphatic rings. The molecule has 0 saturated carbocycles. The number of hydrogen-bond acceptors (Lipinski definition) is 4. The van der Waals surface area contributed by atoms with Crippen LogP contribution in [0.4, 0.5) is 0 Å². The highest BCUT2D eigenvalue weighted by molar-refractivity contribution is 9.10. The number of carbonyl (C=O) groups excluding carboxylic acids is 1. The zero-order chi connectivity index (χ0) is 19.4. The van der Waals surface area contributed by atoms with E-state index in [1.54, 1.807) is 12.1 Å². The van der Waals surface area contributed by atoms with Crippen LogP contribution in [0.25, 0.3) is 0 Å². The molecular formula is C19H19BrN2O4S. The standard InChI is InChI=1S/C19H19BrN2O4S/c1-2-9-21-27(24,25)15-5-3-4-13(11-15)19(23)22-17-8-10-26-18-7-6-14(20)12-16(17)18/h2-7,11-12,17,21H,1,8-10H2,(H,22,23). The molecule has 2 N–H and O–H groups in total. The monoisotopic (exact) mass is 450 g/mol. The number of rotatable bonds is 6. The van der Waals surface area contributed by atoms with Crippen LogP contribution in [0.5, 0.6) is 5.75 Å². The number of ether oxygens (including phenoxy) is 1. The van der Waals surface area contributed by atoms with Gasteiger partial charge in [-0.15, -0.1) is 6.58 Å². The summed E-state index contributed by atoms with van der Waals surface area (Å²) in [5, 5.41) is 2.97. The van der Waals surface area contributed by atoms with Crippen molar-refractivity contribution in [3.63, 3.8) is 0 Å². The van der Waals surface area contributed by atoms with Crippen molar-refractivity contribution < 1.29 is 17.9 Å². The lowest BCUT2D eigenvalue weighted by molar-refractivity contribution is 0.0924. The largest absolute Gasteiger partial charge is 0.493 e. The number of hydrogen-bond donors (Lipinski definition) is 2. The summed E-state index contributed by atoms with van der Waals surface area (Å²) in [6, 6.07) is 11.4. The van der Waals surface area contributed by atoms with Crippen molar-refractivity contribution in [1.29, 1.82) is 0 Å². The molecule has 1 aliphatic heterocycles. The van der Waals surface area contributed by atoms with Gasteiger partial charge in [0.15, 0.2) is 0 Å². The topological polar surface area (TPSA) is 84.5 Å². The van der Waals surface area contributed by atoms with Crippen molar-refractivity contribution in [3.8, 4) is 5.75 Å². The van der Waals surface area contributed by atoms with E-state index >= 15 is 0 Å². The second kappa shape index (κ2) is 8.24. The van der Waals surface area contributed by atoms with Crippen LogP contribution in [0.15, 0.2) is 64.5 Å². The van der Waals surface area contributed by atoms with Crippen LogP contribution in [0.3, 0.4) is 0 Å². The highest BCUT2D eigenvalue weighted by Crippen LogP contribution is 2.34. The highest BCUT2D eigenvalue weighted by Gasteiger charge is 2.24. The second-order valence-electron chi connectivity index (χ2n) is 6.01. The molecule has 1 heterocycles. The van der Waals surface area contributed by atoms with Gasteiger partial charge in [0.05, 0.1) is 17.5 Å². The van der Waals surface area contributed by atoms with E-state index in [-0.39, 0.29) is 29.0 Å². The van der Waals surface area contributed by atoms with Crippen LogP contribution in [0.2, 0.25) is 0 Å². The molecule has 27 heavy (non-hydrogen) atoms. The molecule has 0 radical (unpaired) electrons. The van der Waals surface area contributed by atoms with Crippen LogP contribution >= 0.6 is 15.9 Å². The second-order valence-corrected chi connectivity index (χ2v) is 8.70. The minimum Gasteiger partial charge on any atom is -0.493 e. The molecular weight excluding hydrogens is 432 g/mol. The Bertz CT molecular complexity index is 975. The molecule has 0 spiro atoms. The van der Waals surface area contributed by atoms with E-state index in [4.69, 9.17) is 4.74 Å². The van der Waals surface area contributed by atoms with Crippen molar-refractivity contribution in [3.05, 3.63) is 70.7 Å². The number of sulfonamides is 1. The molecule has 6 nitrogen and oxygen atoms in total. The Morgan fingerprint density at radius 1 is 1.30 bits per heavy atom. The first-order chi connectivity index (χ1) is 12.9. The van der Waals surface area contributed by atoms with Crippen molar-refractivity contribution >= 4 is 31.9 Å². The third-order valence-corrected chi connectivity index (χ3v) is 6.06. The molecule has 1 unspecified atom stereocenters. The predicted molar refractivity (Wildman–Crippen MR) is 106 cm³/mol. The van der Waals surface area contributed by atoms with E-state index in [9.17, 15) is 13.2 Å². The number of carbonyl (C=O) groups is 1. The van der Waals surface area contributed by atoms with Crippen molar-refractivity contribution in [2.24, 2.45) is 0 Å². The molecule has 0 aromatic heterocycles. The molecule has 3 rings (SSSR count). The predicted octanol–water partition coefficient (Wildman–Crippen LogP) is 3.17. The van der Waals surface area contributed by atoms with Gasteiger partial charge >= 0.3 is 0 Å². The quantitative estimate of drug-likeness (QED) is 0.661. The van der Waals surface area contributed by atoms with Gasteiger partial charge in [0.2, 0.25) is 10.0 Å². The third kappa shape index (κ3) is 4.58. The lowest BCUT2D eigenvalue weighted by atomic mass is 10.00. The highest BCUT2D eigenvalue weighted by atomic mass is 79.9. The fraction of sp³-hybridized carbons (Fsp3) is 0.211. The van der Waals surface area contributed by atoms with E-state index in [0.29, 0.717) is 13.0 Å². The van der Waals surface area contributed by atoms with Crippen LogP contribution in [0, 0.1) is 0 Å². The Balaban J connectivity index is 1.81. The Kier molecular flexibility index (Phi) is 5.98. The van der Waals surface area contributed by atoms with Crippen LogP contribution in [-0.2, 0) is 10.0 Å². The molecule has 0 fully saturated rings. The number of benzene rings is 2. The zero-order valence-electron chi connectivity index (χ0n) is 14.4. The van der Waals surface area contributed by atoms with Crippen LogP contribution < -0.4 is 14.8 Å². The summed E-state index contributed by atoms with van der Waals surface area (Å²) >= 11 is 3.43. The van der Waals surface area contributed by atoms with Gasteiger partial charge < -0.3 is 10.1 Å². The third-order valence-electron chi connectivity index (χ3n) is 4.14. The number of nitrogens with one attached hydrogen (secondary N) is 2. The summed E-state index contributed by atoms with van der Waals surface area (Å²) in [5.41, 5.74) is 1.17. The fourth-order valence-corrected chi connectivity index (χ4v) is 4.24. The summed E-state index contributed by atoms with van der Waals surface area (Å²) < 4.78 is 33.4. The molecule has 0 bridgehead atoms. The number of fused-ring (bicyclic) bond motifs is 1. The van der Waals surface area contributed by atoms with Gasteiger partial charge in [0, 0.05) is 28.6 Å². The van der Waals surface area contributed by atoms with E-state index in [1.807, 2.05) is 18.2 Å².